The Morgan fingerprint density at radius 1 is 0.633 bits per heavy atom. The zero-order chi connectivity index (χ0) is 21.4. The fourth-order valence-electron chi connectivity index (χ4n) is 3.23. The van der Waals surface area contributed by atoms with Gasteiger partial charge in [-0.05, 0) is 51.2 Å². The SMILES string of the molecule is O=S(=O)(Oc1cccc(-c2ccccc2-c2ccc3ccccc3c2)c1)C(F)(F)F. The second-order valence-corrected chi connectivity index (χ2v) is 8.16. The summed E-state index contributed by atoms with van der Waals surface area (Å²) in [6, 6.07) is 26.9. The number of benzene rings is 4. The molecule has 0 radical (unpaired) electrons. The van der Waals surface area contributed by atoms with Crippen LogP contribution in [0.15, 0.2) is 91.0 Å². The number of rotatable bonds is 4. The number of hydrogen-bond acceptors (Lipinski definition) is 3. The lowest BCUT2D eigenvalue weighted by atomic mass is 9.93. The van der Waals surface area contributed by atoms with Crippen molar-refractivity contribution in [1.29, 1.82) is 0 Å². The smallest absolute Gasteiger partial charge is 0.376 e. The van der Waals surface area contributed by atoms with Gasteiger partial charge in [0.15, 0.2) is 0 Å². The molecule has 0 aromatic heterocycles. The first kappa shape index (κ1) is 20.0. The van der Waals surface area contributed by atoms with E-state index in [1.54, 1.807) is 12.1 Å². The average Bonchev–Trinajstić information content (AvgIpc) is 2.72. The van der Waals surface area contributed by atoms with E-state index in [2.05, 4.69) is 4.18 Å². The quantitative estimate of drug-likeness (QED) is 0.279. The van der Waals surface area contributed by atoms with E-state index in [0.717, 1.165) is 27.5 Å². The second kappa shape index (κ2) is 7.50. The van der Waals surface area contributed by atoms with Crippen molar-refractivity contribution >= 4 is 20.9 Å². The van der Waals surface area contributed by atoms with E-state index in [9.17, 15) is 21.6 Å². The summed E-state index contributed by atoms with van der Waals surface area (Å²) in [7, 11) is -5.74. The molecule has 30 heavy (non-hydrogen) atoms. The predicted molar refractivity (Wildman–Crippen MR) is 110 cm³/mol. The molecule has 0 atom stereocenters. The van der Waals surface area contributed by atoms with E-state index in [0.29, 0.717) is 5.56 Å². The van der Waals surface area contributed by atoms with Crippen LogP contribution in [0.1, 0.15) is 0 Å². The molecule has 0 unspecified atom stereocenters. The Hall–Kier alpha value is -3.32. The van der Waals surface area contributed by atoms with E-state index in [4.69, 9.17) is 0 Å². The Bertz CT molecular complexity index is 1330. The fraction of sp³-hybridized carbons (Fsp3) is 0.0435. The molecule has 0 aliphatic rings. The van der Waals surface area contributed by atoms with Crippen LogP contribution in [-0.4, -0.2) is 13.9 Å². The van der Waals surface area contributed by atoms with Crippen molar-refractivity contribution in [3.05, 3.63) is 91.0 Å². The Labute approximate surface area is 171 Å². The number of fused-ring (bicyclic) bond motifs is 1. The highest BCUT2D eigenvalue weighted by Gasteiger charge is 2.48. The van der Waals surface area contributed by atoms with Gasteiger partial charge < -0.3 is 4.18 Å². The van der Waals surface area contributed by atoms with Gasteiger partial charge in [-0.25, -0.2) is 0 Å². The topological polar surface area (TPSA) is 43.4 Å². The number of halogens is 3. The zero-order valence-corrected chi connectivity index (χ0v) is 16.2. The minimum absolute atomic E-state index is 0.405. The summed E-state index contributed by atoms with van der Waals surface area (Å²) in [6.45, 7) is 0. The summed E-state index contributed by atoms with van der Waals surface area (Å²) in [6.07, 6.45) is 0. The first-order valence-electron chi connectivity index (χ1n) is 8.94. The molecule has 0 amide bonds. The van der Waals surface area contributed by atoms with Crippen LogP contribution in [0.25, 0.3) is 33.0 Å². The van der Waals surface area contributed by atoms with Gasteiger partial charge >= 0.3 is 15.6 Å². The molecular weight excluding hydrogens is 413 g/mol. The summed E-state index contributed by atoms with van der Waals surface area (Å²) in [5.74, 6) is -0.405. The molecule has 0 aliphatic heterocycles. The van der Waals surface area contributed by atoms with Crippen LogP contribution in [0.2, 0.25) is 0 Å². The third kappa shape index (κ3) is 3.89. The standard InChI is InChI=1S/C23H15F3O3S/c24-23(25,26)30(27,28)29-20-9-5-8-18(15-20)21-10-3-4-11-22(21)19-13-12-16-6-1-2-7-17(16)14-19/h1-15H. The summed E-state index contributed by atoms with van der Waals surface area (Å²) >= 11 is 0. The minimum atomic E-state index is -5.74. The van der Waals surface area contributed by atoms with Gasteiger partial charge in [0.25, 0.3) is 0 Å². The second-order valence-electron chi connectivity index (χ2n) is 6.62. The Balaban J connectivity index is 1.77. The van der Waals surface area contributed by atoms with Crippen LogP contribution in [0.4, 0.5) is 13.2 Å². The summed E-state index contributed by atoms with van der Waals surface area (Å²) in [4.78, 5) is 0. The Morgan fingerprint density at radius 3 is 1.90 bits per heavy atom. The maximum absolute atomic E-state index is 12.6. The van der Waals surface area contributed by atoms with Crippen LogP contribution >= 0.6 is 0 Å². The lowest BCUT2D eigenvalue weighted by molar-refractivity contribution is -0.0500. The molecule has 0 spiro atoms. The van der Waals surface area contributed by atoms with Gasteiger partial charge in [-0.1, -0.05) is 72.8 Å². The van der Waals surface area contributed by atoms with Crippen molar-refractivity contribution in [2.45, 2.75) is 5.51 Å². The highest BCUT2D eigenvalue weighted by molar-refractivity contribution is 7.88. The molecule has 0 heterocycles. The first-order chi connectivity index (χ1) is 14.2. The minimum Gasteiger partial charge on any atom is -0.376 e. The Morgan fingerprint density at radius 2 is 1.23 bits per heavy atom. The van der Waals surface area contributed by atoms with Crippen molar-refractivity contribution in [1.82, 2.24) is 0 Å². The Kier molecular flexibility index (Phi) is 4.99. The van der Waals surface area contributed by atoms with E-state index in [1.165, 1.54) is 18.2 Å². The predicted octanol–water partition coefficient (Wildman–Crippen LogP) is 6.40. The maximum Gasteiger partial charge on any atom is 0.534 e. The fourth-order valence-corrected chi connectivity index (χ4v) is 3.68. The molecule has 0 bridgehead atoms. The van der Waals surface area contributed by atoms with Crippen molar-refractivity contribution < 1.29 is 25.8 Å². The molecule has 4 aromatic rings. The summed E-state index contributed by atoms with van der Waals surface area (Å²) in [5, 5.41) is 2.14. The lowest BCUT2D eigenvalue weighted by Gasteiger charge is -2.13. The van der Waals surface area contributed by atoms with Crippen molar-refractivity contribution in [3.8, 4) is 28.0 Å². The first-order valence-corrected chi connectivity index (χ1v) is 10.3. The van der Waals surface area contributed by atoms with E-state index >= 15 is 0 Å². The molecule has 7 heteroatoms. The third-order valence-corrected chi connectivity index (χ3v) is 5.60. The molecule has 4 rings (SSSR count). The molecule has 3 nitrogen and oxygen atoms in total. The van der Waals surface area contributed by atoms with Gasteiger partial charge in [-0.2, -0.15) is 21.6 Å². The van der Waals surface area contributed by atoms with Crippen LogP contribution < -0.4 is 4.18 Å². The van der Waals surface area contributed by atoms with Crippen molar-refractivity contribution in [2.24, 2.45) is 0 Å². The normalized spacial score (nSPS) is 12.1. The monoisotopic (exact) mass is 428 g/mol. The van der Waals surface area contributed by atoms with E-state index < -0.39 is 21.4 Å². The summed E-state index contributed by atoms with van der Waals surface area (Å²) in [5.41, 5.74) is -2.43. The third-order valence-electron chi connectivity index (χ3n) is 4.62. The molecule has 0 fully saturated rings. The number of hydrogen-bond donors (Lipinski definition) is 0. The number of alkyl halides is 3. The van der Waals surface area contributed by atoms with Crippen LogP contribution in [0, 0.1) is 0 Å². The largest absolute Gasteiger partial charge is 0.534 e. The molecule has 0 saturated heterocycles. The highest BCUT2D eigenvalue weighted by atomic mass is 32.2. The van der Waals surface area contributed by atoms with Gasteiger partial charge in [0, 0.05) is 0 Å². The average molecular weight is 428 g/mol. The van der Waals surface area contributed by atoms with E-state index in [-0.39, 0.29) is 0 Å². The van der Waals surface area contributed by atoms with Gasteiger partial charge in [-0.3, -0.25) is 0 Å². The maximum atomic E-state index is 12.6. The van der Waals surface area contributed by atoms with Crippen molar-refractivity contribution in [2.75, 3.05) is 0 Å². The van der Waals surface area contributed by atoms with Crippen molar-refractivity contribution in [3.63, 3.8) is 0 Å². The van der Waals surface area contributed by atoms with Crippen LogP contribution in [0.5, 0.6) is 5.75 Å². The van der Waals surface area contributed by atoms with Gasteiger partial charge in [0.1, 0.15) is 5.75 Å². The molecular formula is C23H15F3O3S. The molecule has 0 aliphatic carbocycles. The van der Waals surface area contributed by atoms with Gasteiger partial charge in [0.05, 0.1) is 0 Å². The highest BCUT2D eigenvalue weighted by Crippen LogP contribution is 2.36. The molecule has 152 valence electrons. The summed E-state index contributed by atoms with van der Waals surface area (Å²) < 4.78 is 64.9. The molecule has 0 saturated carbocycles. The lowest BCUT2D eigenvalue weighted by Crippen LogP contribution is -2.28. The zero-order valence-electron chi connectivity index (χ0n) is 15.4. The van der Waals surface area contributed by atoms with E-state index in [1.807, 2.05) is 60.7 Å². The van der Waals surface area contributed by atoms with Crippen LogP contribution in [-0.2, 0) is 10.1 Å². The van der Waals surface area contributed by atoms with Gasteiger partial charge in [-0.15, -0.1) is 0 Å². The van der Waals surface area contributed by atoms with Crippen LogP contribution in [0.3, 0.4) is 0 Å². The molecule has 0 N–H and O–H groups in total. The van der Waals surface area contributed by atoms with Gasteiger partial charge in [0.2, 0.25) is 0 Å². The molecule has 4 aromatic carbocycles.